The van der Waals surface area contributed by atoms with E-state index in [1.165, 1.54) is 31.0 Å². The van der Waals surface area contributed by atoms with Crippen molar-refractivity contribution in [2.24, 2.45) is 17.8 Å². The molecule has 5 fully saturated rings. The van der Waals surface area contributed by atoms with E-state index in [-0.39, 0.29) is 35.9 Å². The average molecular weight is 629 g/mol. The van der Waals surface area contributed by atoms with Gasteiger partial charge in [0.2, 0.25) is 0 Å². The molecule has 0 aromatic heterocycles. The Labute approximate surface area is 267 Å². The first-order chi connectivity index (χ1) is 21.8. The number of thioether (sulfide) groups is 1. The molecular formula is C36H40N2O6S. The van der Waals surface area contributed by atoms with Crippen molar-refractivity contribution in [2.45, 2.75) is 80.5 Å². The van der Waals surface area contributed by atoms with Crippen LogP contribution in [-0.2, 0) is 16.1 Å². The minimum absolute atomic E-state index is 0.0317. The first kappa shape index (κ1) is 30.3. The molecule has 9 heteroatoms. The minimum Gasteiger partial charge on any atom is -0.478 e. The predicted octanol–water partition coefficient (Wildman–Crippen LogP) is 7.31. The Morgan fingerprint density at radius 3 is 2.24 bits per heavy atom. The van der Waals surface area contributed by atoms with E-state index < -0.39 is 12.3 Å². The van der Waals surface area contributed by atoms with Gasteiger partial charge in [0.05, 0.1) is 24.4 Å². The molecule has 4 N–H and O–H groups in total. The van der Waals surface area contributed by atoms with Crippen molar-refractivity contribution in [3.63, 3.8) is 0 Å². The highest BCUT2D eigenvalue weighted by molar-refractivity contribution is 7.99. The molecule has 8 nitrogen and oxygen atoms in total. The van der Waals surface area contributed by atoms with E-state index in [0.29, 0.717) is 22.8 Å². The summed E-state index contributed by atoms with van der Waals surface area (Å²) in [6, 6.07) is 22.2. The lowest BCUT2D eigenvalue weighted by atomic mass is 9.53. The first-order valence-electron chi connectivity index (χ1n) is 16.0. The molecule has 0 unspecified atom stereocenters. The largest absolute Gasteiger partial charge is 0.478 e. The number of aromatic carboxylic acids is 1. The molecule has 4 aliphatic carbocycles. The standard InChI is InChI=1S/C36H40N2O6S/c39-20-22-8-10-26(11-9-22)31-16-29(21-45-32-7-2-1-6-30(32)33(40)41)43-34(44-31)27-4-3-5-28(15-27)37-35(42)38-36-17-23-12-24(18-36)14-25(13-23)19-36/h1-11,15,23-25,29,31,34,39H,12-14,16-21H2,(H,40,41)(H2,37,38,42)/t23?,24?,25?,29-,31+,34+,36?/m1/s1. The summed E-state index contributed by atoms with van der Waals surface area (Å²) in [5, 5.41) is 25.6. The number of aliphatic hydroxyl groups excluding tert-OH is 1. The average Bonchev–Trinajstić information content (AvgIpc) is 3.03. The summed E-state index contributed by atoms with van der Waals surface area (Å²) in [5.41, 5.74) is 3.47. The van der Waals surface area contributed by atoms with E-state index in [9.17, 15) is 19.8 Å². The van der Waals surface area contributed by atoms with Crippen LogP contribution in [0.2, 0.25) is 0 Å². The van der Waals surface area contributed by atoms with Gasteiger partial charge < -0.3 is 30.3 Å². The number of amides is 2. The van der Waals surface area contributed by atoms with Crippen LogP contribution in [0.1, 0.15) is 84.4 Å². The highest BCUT2D eigenvalue weighted by Gasteiger charge is 2.51. The number of rotatable bonds is 9. The number of aliphatic hydroxyl groups is 1. The van der Waals surface area contributed by atoms with Gasteiger partial charge in [-0.25, -0.2) is 9.59 Å². The van der Waals surface area contributed by atoms with Crippen molar-refractivity contribution in [3.05, 3.63) is 95.1 Å². The summed E-state index contributed by atoms with van der Waals surface area (Å²) in [6.07, 6.45) is 6.64. The van der Waals surface area contributed by atoms with Crippen molar-refractivity contribution in [3.8, 4) is 0 Å². The Bertz CT molecular complexity index is 1510. The molecule has 4 saturated carbocycles. The number of urea groups is 1. The third-order valence-electron chi connectivity index (χ3n) is 9.99. The van der Waals surface area contributed by atoms with Crippen LogP contribution in [0.3, 0.4) is 0 Å². The van der Waals surface area contributed by atoms with Crippen LogP contribution in [0.5, 0.6) is 0 Å². The number of benzene rings is 3. The number of carbonyl (C=O) groups is 2. The fourth-order valence-electron chi connectivity index (χ4n) is 8.40. The zero-order valence-electron chi connectivity index (χ0n) is 25.2. The number of anilines is 1. The van der Waals surface area contributed by atoms with Gasteiger partial charge in [-0.05, 0) is 91.7 Å². The second-order valence-electron chi connectivity index (χ2n) is 13.4. The van der Waals surface area contributed by atoms with Crippen molar-refractivity contribution >= 4 is 29.4 Å². The van der Waals surface area contributed by atoms with E-state index in [0.717, 1.165) is 53.7 Å². The molecule has 236 valence electrons. The SMILES string of the molecule is O=C(Nc1cccc([C@H]2O[C@@H](CSc3ccccc3C(=O)O)C[C@@H](c3ccc(CO)cc3)O2)c1)NC12CC3CC(CC(C3)C1)C2. The zero-order valence-corrected chi connectivity index (χ0v) is 26.0. The molecule has 8 rings (SSSR count). The van der Waals surface area contributed by atoms with E-state index in [1.807, 2.05) is 60.7 Å². The Hall–Kier alpha value is -3.37. The number of hydrogen-bond donors (Lipinski definition) is 4. The maximum Gasteiger partial charge on any atom is 0.336 e. The van der Waals surface area contributed by atoms with E-state index >= 15 is 0 Å². The fourth-order valence-corrected chi connectivity index (χ4v) is 9.47. The summed E-state index contributed by atoms with van der Waals surface area (Å²) >= 11 is 1.46. The molecule has 3 aromatic rings. The minimum atomic E-state index is -0.956. The number of carbonyl (C=O) groups excluding carboxylic acids is 1. The smallest absolute Gasteiger partial charge is 0.336 e. The third kappa shape index (κ3) is 6.77. The van der Waals surface area contributed by atoms with Gasteiger partial charge in [-0.15, -0.1) is 11.8 Å². The fraction of sp³-hybridized carbons (Fsp3) is 0.444. The summed E-state index contributed by atoms with van der Waals surface area (Å²) in [7, 11) is 0. The maximum atomic E-state index is 13.3. The predicted molar refractivity (Wildman–Crippen MR) is 172 cm³/mol. The summed E-state index contributed by atoms with van der Waals surface area (Å²) in [5.74, 6) is 1.83. The number of nitrogens with one attached hydrogen (secondary N) is 2. The molecule has 3 aromatic carbocycles. The van der Waals surface area contributed by atoms with Gasteiger partial charge >= 0.3 is 12.0 Å². The van der Waals surface area contributed by atoms with Crippen molar-refractivity contribution in [2.75, 3.05) is 11.1 Å². The molecule has 0 radical (unpaired) electrons. The van der Waals surface area contributed by atoms with Gasteiger partial charge in [-0.2, -0.15) is 0 Å². The molecule has 5 aliphatic rings. The maximum absolute atomic E-state index is 13.3. The molecule has 1 heterocycles. The number of carboxylic acid groups (broad SMARTS) is 1. The second-order valence-corrected chi connectivity index (χ2v) is 14.4. The first-order valence-corrected chi connectivity index (χ1v) is 17.0. The van der Waals surface area contributed by atoms with Crippen LogP contribution < -0.4 is 10.6 Å². The van der Waals surface area contributed by atoms with Crippen LogP contribution in [0, 0.1) is 17.8 Å². The quantitative estimate of drug-likeness (QED) is 0.184. The van der Waals surface area contributed by atoms with Crippen LogP contribution in [0.4, 0.5) is 10.5 Å². The monoisotopic (exact) mass is 628 g/mol. The summed E-state index contributed by atoms with van der Waals surface area (Å²) in [6.45, 7) is -0.0317. The number of hydrogen-bond acceptors (Lipinski definition) is 6. The van der Waals surface area contributed by atoms with Gasteiger partial charge in [-0.3, -0.25) is 0 Å². The van der Waals surface area contributed by atoms with Gasteiger partial charge in [0.25, 0.3) is 0 Å². The topological polar surface area (TPSA) is 117 Å². The lowest BCUT2D eigenvalue weighted by Gasteiger charge is -2.56. The summed E-state index contributed by atoms with van der Waals surface area (Å²) < 4.78 is 13.0. The van der Waals surface area contributed by atoms with Crippen molar-refractivity contribution in [1.29, 1.82) is 0 Å². The van der Waals surface area contributed by atoms with Crippen LogP contribution in [0.15, 0.2) is 77.7 Å². The highest BCUT2D eigenvalue weighted by atomic mass is 32.2. The van der Waals surface area contributed by atoms with Gasteiger partial charge in [-0.1, -0.05) is 48.5 Å². The van der Waals surface area contributed by atoms with E-state index in [4.69, 9.17) is 9.47 Å². The second kappa shape index (κ2) is 12.8. The molecule has 3 atom stereocenters. The lowest BCUT2D eigenvalue weighted by Crippen LogP contribution is -2.60. The van der Waals surface area contributed by atoms with Crippen molar-refractivity contribution in [1.82, 2.24) is 5.32 Å². The Morgan fingerprint density at radius 2 is 1.56 bits per heavy atom. The highest BCUT2D eigenvalue weighted by Crippen LogP contribution is 2.55. The van der Waals surface area contributed by atoms with Crippen LogP contribution in [0.25, 0.3) is 0 Å². The Morgan fingerprint density at radius 1 is 0.844 bits per heavy atom. The molecule has 1 aliphatic heterocycles. The number of ether oxygens (including phenoxy) is 2. The van der Waals surface area contributed by atoms with E-state index in [2.05, 4.69) is 10.6 Å². The van der Waals surface area contributed by atoms with Crippen molar-refractivity contribution < 1.29 is 29.3 Å². The lowest BCUT2D eigenvalue weighted by molar-refractivity contribution is -0.245. The van der Waals surface area contributed by atoms with E-state index in [1.54, 1.807) is 12.1 Å². The Balaban J connectivity index is 1.07. The molecule has 2 amide bonds. The molecule has 45 heavy (non-hydrogen) atoms. The Kier molecular flexibility index (Phi) is 8.61. The van der Waals surface area contributed by atoms with Crippen LogP contribution in [-0.4, -0.2) is 39.6 Å². The van der Waals surface area contributed by atoms with Gasteiger partial charge in [0.1, 0.15) is 0 Å². The number of carboxylic acids is 1. The molecule has 1 saturated heterocycles. The zero-order chi connectivity index (χ0) is 31.0. The normalized spacial score (nSPS) is 30.2. The summed E-state index contributed by atoms with van der Waals surface area (Å²) in [4.78, 5) is 25.7. The molecule has 4 bridgehead atoms. The third-order valence-corrected chi connectivity index (χ3v) is 11.2. The van der Waals surface area contributed by atoms with Crippen LogP contribution >= 0.6 is 11.8 Å². The molecular weight excluding hydrogens is 588 g/mol. The van der Waals surface area contributed by atoms with Gasteiger partial charge in [0.15, 0.2) is 6.29 Å². The molecule has 0 spiro atoms. The van der Waals surface area contributed by atoms with Gasteiger partial charge in [0, 0.05) is 33.9 Å².